The molecule has 0 bridgehead atoms. The topological polar surface area (TPSA) is 46.6 Å². The standard InChI is InChI=1S/C13H16ClNO3/c1-15(12(16)9-13(17)18-2)8-7-10-3-5-11(14)6-4-10/h3-6H,7-9H2,1-2H3. The lowest BCUT2D eigenvalue weighted by Gasteiger charge is -2.16. The molecular weight excluding hydrogens is 254 g/mol. The Hall–Kier alpha value is -1.55. The Morgan fingerprint density at radius 1 is 1.28 bits per heavy atom. The maximum atomic E-state index is 11.6. The molecule has 0 unspecified atom stereocenters. The van der Waals surface area contributed by atoms with Crippen LogP contribution < -0.4 is 0 Å². The Kier molecular flexibility index (Phi) is 5.65. The van der Waals surface area contributed by atoms with Gasteiger partial charge < -0.3 is 9.64 Å². The lowest BCUT2D eigenvalue weighted by molar-refractivity contribution is -0.146. The van der Waals surface area contributed by atoms with Gasteiger partial charge in [0.2, 0.25) is 5.91 Å². The molecule has 0 atom stereocenters. The van der Waals surface area contributed by atoms with Gasteiger partial charge in [0.1, 0.15) is 6.42 Å². The van der Waals surface area contributed by atoms with Crippen molar-refractivity contribution in [1.29, 1.82) is 0 Å². The summed E-state index contributed by atoms with van der Waals surface area (Å²) in [7, 11) is 2.94. The van der Waals surface area contributed by atoms with Gasteiger partial charge in [-0.1, -0.05) is 23.7 Å². The fraction of sp³-hybridized carbons (Fsp3) is 0.385. The molecule has 0 N–H and O–H groups in total. The first-order valence-electron chi connectivity index (χ1n) is 5.58. The number of likely N-dealkylation sites (N-methyl/N-ethyl adjacent to an activating group) is 1. The summed E-state index contributed by atoms with van der Waals surface area (Å²) in [5, 5.41) is 0.689. The van der Waals surface area contributed by atoms with E-state index >= 15 is 0 Å². The van der Waals surface area contributed by atoms with Crippen molar-refractivity contribution < 1.29 is 14.3 Å². The molecule has 4 nitrogen and oxygen atoms in total. The summed E-state index contributed by atoms with van der Waals surface area (Å²) in [6, 6.07) is 7.46. The normalized spacial score (nSPS) is 9.94. The van der Waals surface area contributed by atoms with Crippen LogP contribution in [0.3, 0.4) is 0 Å². The summed E-state index contributed by atoms with van der Waals surface area (Å²) >= 11 is 5.78. The fourth-order valence-corrected chi connectivity index (χ4v) is 1.53. The van der Waals surface area contributed by atoms with E-state index in [4.69, 9.17) is 11.6 Å². The van der Waals surface area contributed by atoms with Crippen LogP contribution in [0.25, 0.3) is 0 Å². The number of hydrogen-bond donors (Lipinski definition) is 0. The first kappa shape index (κ1) is 14.5. The molecule has 1 aromatic carbocycles. The molecule has 0 aliphatic heterocycles. The van der Waals surface area contributed by atoms with E-state index in [0.717, 1.165) is 12.0 Å². The highest BCUT2D eigenvalue weighted by Crippen LogP contribution is 2.10. The molecule has 0 heterocycles. The smallest absolute Gasteiger partial charge is 0.315 e. The van der Waals surface area contributed by atoms with Crippen molar-refractivity contribution in [2.45, 2.75) is 12.8 Å². The number of ether oxygens (including phenoxy) is 1. The van der Waals surface area contributed by atoms with Gasteiger partial charge in [-0.2, -0.15) is 0 Å². The van der Waals surface area contributed by atoms with E-state index < -0.39 is 5.97 Å². The molecule has 0 aromatic heterocycles. The molecular formula is C13H16ClNO3. The van der Waals surface area contributed by atoms with Crippen molar-refractivity contribution in [2.24, 2.45) is 0 Å². The molecule has 0 fully saturated rings. The quantitative estimate of drug-likeness (QED) is 0.606. The zero-order valence-electron chi connectivity index (χ0n) is 10.5. The highest BCUT2D eigenvalue weighted by atomic mass is 35.5. The minimum absolute atomic E-state index is 0.215. The number of rotatable bonds is 5. The van der Waals surface area contributed by atoms with Gasteiger partial charge in [-0.3, -0.25) is 9.59 Å². The minimum atomic E-state index is -0.515. The predicted molar refractivity (Wildman–Crippen MR) is 69.4 cm³/mol. The second-order valence-corrected chi connectivity index (χ2v) is 4.38. The van der Waals surface area contributed by atoms with Gasteiger partial charge in [-0.05, 0) is 24.1 Å². The van der Waals surface area contributed by atoms with Crippen molar-refractivity contribution in [3.8, 4) is 0 Å². The van der Waals surface area contributed by atoms with Gasteiger partial charge in [-0.15, -0.1) is 0 Å². The van der Waals surface area contributed by atoms with Gasteiger partial charge in [0.05, 0.1) is 7.11 Å². The summed E-state index contributed by atoms with van der Waals surface area (Å²) < 4.78 is 4.45. The summed E-state index contributed by atoms with van der Waals surface area (Å²) in [6.07, 6.45) is 0.508. The van der Waals surface area contributed by atoms with E-state index in [1.807, 2.05) is 24.3 Å². The van der Waals surface area contributed by atoms with Crippen molar-refractivity contribution >= 4 is 23.5 Å². The molecule has 1 amide bonds. The second-order valence-electron chi connectivity index (χ2n) is 3.94. The van der Waals surface area contributed by atoms with Crippen LogP contribution in [0.15, 0.2) is 24.3 Å². The number of nitrogens with zero attached hydrogens (tertiary/aromatic N) is 1. The van der Waals surface area contributed by atoms with Crippen molar-refractivity contribution in [3.63, 3.8) is 0 Å². The summed E-state index contributed by atoms with van der Waals surface area (Å²) in [5.74, 6) is -0.755. The number of halogens is 1. The zero-order chi connectivity index (χ0) is 13.5. The van der Waals surface area contributed by atoms with Crippen LogP contribution in [0.2, 0.25) is 5.02 Å². The Morgan fingerprint density at radius 2 is 1.89 bits per heavy atom. The van der Waals surface area contributed by atoms with Gasteiger partial charge in [0.15, 0.2) is 0 Å². The number of amides is 1. The highest BCUT2D eigenvalue weighted by molar-refractivity contribution is 6.30. The molecule has 18 heavy (non-hydrogen) atoms. The van der Waals surface area contributed by atoms with Crippen LogP contribution in [0, 0.1) is 0 Å². The Balaban J connectivity index is 2.40. The van der Waals surface area contributed by atoms with E-state index in [2.05, 4.69) is 4.74 Å². The first-order chi connectivity index (χ1) is 8.52. The van der Waals surface area contributed by atoms with E-state index in [1.54, 1.807) is 7.05 Å². The maximum Gasteiger partial charge on any atom is 0.315 e. The van der Waals surface area contributed by atoms with Crippen molar-refractivity contribution in [2.75, 3.05) is 20.7 Å². The monoisotopic (exact) mass is 269 g/mol. The van der Waals surface area contributed by atoms with Gasteiger partial charge in [0.25, 0.3) is 0 Å². The zero-order valence-corrected chi connectivity index (χ0v) is 11.2. The van der Waals surface area contributed by atoms with Crippen molar-refractivity contribution in [1.82, 2.24) is 4.90 Å². The number of hydrogen-bond acceptors (Lipinski definition) is 3. The highest BCUT2D eigenvalue weighted by Gasteiger charge is 2.13. The molecule has 98 valence electrons. The lowest BCUT2D eigenvalue weighted by atomic mass is 10.1. The molecule has 0 aliphatic rings. The lowest BCUT2D eigenvalue weighted by Crippen LogP contribution is -2.30. The van der Waals surface area contributed by atoms with Crippen LogP contribution in [-0.4, -0.2) is 37.5 Å². The van der Waals surface area contributed by atoms with E-state index in [-0.39, 0.29) is 12.3 Å². The number of benzene rings is 1. The third kappa shape index (κ3) is 4.75. The molecule has 0 spiro atoms. The third-order valence-electron chi connectivity index (χ3n) is 2.60. The Bertz CT molecular complexity index is 417. The van der Waals surface area contributed by atoms with Gasteiger partial charge in [0, 0.05) is 18.6 Å². The predicted octanol–water partition coefficient (Wildman–Crippen LogP) is 1.90. The van der Waals surface area contributed by atoms with Crippen LogP contribution in [-0.2, 0) is 20.7 Å². The second kappa shape index (κ2) is 7.01. The molecule has 0 aliphatic carbocycles. The Labute approximate surface area is 111 Å². The first-order valence-corrected chi connectivity index (χ1v) is 5.96. The molecule has 5 heteroatoms. The van der Waals surface area contributed by atoms with Gasteiger partial charge in [-0.25, -0.2) is 0 Å². The largest absolute Gasteiger partial charge is 0.469 e. The van der Waals surface area contributed by atoms with Crippen LogP contribution in [0.1, 0.15) is 12.0 Å². The average Bonchev–Trinajstić information content (AvgIpc) is 2.37. The number of carbonyl (C=O) groups excluding carboxylic acids is 2. The van der Waals surface area contributed by atoms with E-state index in [9.17, 15) is 9.59 Å². The van der Waals surface area contributed by atoms with Crippen LogP contribution in [0.5, 0.6) is 0 Å². The molecule has 1 aromatic rings. The SMILES string of the molecule is COC(=O)CC(=O)N(C)CCc1ccc(Cl)cc1. The number of esters is 1. The molecule has 0 radical (unpaired) electrons. The maximum absolute atomic E-state index is 11.6. The third-order valence-corrected chi connectivity index (χ3v) is 2.85. The van der Waals surface area contributed by atoms with Crippen molar-refractivity contribution in [3.05, 3.63) is 34.9 Å². The van der Waals surface area contributed by atoms with Gasteiger partial charge >= 0.3 is 5.97 Å². The van der Waals surface area contributed by atoms with E-state index in [0.29, 0.717) is 11.6 Å². The Morgan fingerprint density at radius 3 is 2.44 bits per heavy atom. The average molecular weight is 270 g/mol. The number of methoxy groups -OCH3 is 1. The molecule has 1 rings (SSSR count). The van der Waals surface area contributed by atoms with Crippen LogP contribution >= 0.6 is 11.6 Å². The summed E-state index contributed by atoms with van der Waals surface area (Å²) in [5.41, 5.74) is 1.09. The summed E-state index contributed by atoms with van der Waals surface area (Å²) in [6.45, 7) is 0.553. The fourth-order valence-electron chi connectivity index (χ4n) is 1.40. The van der Waals surface area contributed by atoms with Crippen LogP contribution in [0.4, 0.5) is 0 Å². The number of carbonyl (C=O) groups is 2. The molecule has 0 saturated heterocycles. The minimum Gasteiger partial charge on any atom is -0.469 e. The van der Waals surface area contributed by atoms with E-state index in [1.165, 1.54) is 12.0 Å². The summed E-state index contributed by atoms with van der Waals surface area (Å²) in [4.78, 5) is 24.1. The molecule has 0 saturated carbocycles.